The Balaban J connectivity index is 1.35. The number of ether oxygens (including phenoxy) is 1. The molecule has 1 N–H and O–H groups in total. The average molecular weight is 436 g/mol. The highest BCUT2D eigenvalue weighted by Gasteiger charge is 2.30. The SMILES string of the molecule is COc1ccc([C@H]2CCCN2C(=O)Cn2cc(NC(=O)Cc3ccccc3F)cn2)cc1. The summed E-state index contributed by atoms with van der Waals surface area (Å²) in [6.07, 6.45) is 4.87. The largest absolute Gasteiger partial charge is 0.497 e. The van der Waals surface area contributed by atoms with Crippen LogP contribution in [0.15, 0.2) is 60.9 Å². The lowest BCUT2D eigenvalue weighted by Crippen LogP contribution is -2.33. The molecule has 1 atom stereocenters. The first-order valence-corrected chi connectivity index (χ1v) is 10.5. The Kier molecular flexibility index (Phi) is 6.49. The van der Waals surface area contributed by atoms with Crippen molar-refractivity contribution in [1.29, 1.82) is 0 Å². The van der Waals surface area contributed by atoms with Crippen LogP contribution >= 0.6 is 0 Å². The van der Waals surface area contributed by atoms with E-state index in [1.54, 1.807) is 31.5 Å². The Morgan fingerprint density at radius 1 is 1.19 bits per heavy atom. The molecule has 7 nitrogen and oxygen atoms in total. The molecule has 1 fully saturated rings. The monoisotopic (exact) mass is 436 g/mol. The molecule has 3 aromatic rings. The molecular weight excluding hydrogens is 411 g/mol. The van der Waals surface area contributed by atoms with Gasteiger partial charge in [-0.2, -0.15) is 5.10 Å². The molecule has 166 valence electrons. The summed E-state index contributed by atoms with van der Waals surface area (Å²) in [7, 11) is 1.63. The molecule has 0 aliphatic carbocycles. The minimum atomic E-state index is -0.416. The molecule has 0 spiro atoms. The van der Waals surface area contributed by atoms with Crippen molar-refractivity contribution in [3.05, 3.63) is 77.9 Å². The van der Waals surface area contributed by atoms with Gasteiger partial charge in [0, 0.05) is 12.7 Å². The maximum absolute atomic E-state index is 13.7. The molecule has 2 aromatic carbocycles. The second-order valence-electron chi connectivity index (χ2n) is 7.76. The molecule has 2 heterocycles. The summed E-state index contributed by atoms with van der Waals surface area (Å²) in [5.74, 6) is -0.0116. The second-order valence-corrected chi connectivity index (χ2v) is 7.76. The van der Waals surface area contributed by atoms with Gasteiger partial charge < -0.3 is 15.0 Å². The molecule has 0 unspecified atom stereocenters. The van der Waals surface area contributed by atoms with Gasteiger partial charge in [0.25, 0.3) is 0 Å². The summed E-state index contributed by atoms with van der Waals surface area (Å²) < 4.78 is 20.4. The third-order valence-electron chi connectivity index (χ3n) is 5.60. The molecular formula is C24H25FN4O3. The van der Waals surface area contributed by atoms with E-state index in [2.05, 4.69) is 10.4 Å². The zero-order chi connectivity index (χ0) is 22.5. The fourth-order valence-corrected chi connectivity index (χ4v) is 4.00. The van der Waals surface area contributed by atoms with E-state index in [4.69, 9.17) is 4.74 Å². The minimum Gasteiger partial charge on any atom is -0.497 e. The van der Waals surface area contributed by atoms with E-state index in [9.17, 15) is 14.0 Å². The third-order valence-corrected chi connectivity index (χ3v) is 5.60. The number of hydrogen-bond acceptors (Lipinski definition) is 4. The predicted octanol–water partition coefficient (Wildman–Crippen LogP) is 3.58. The topological polar surface area (TPSA) is 76.5 Å². The first-order chi connectivity index (χ1) is 15.5. The summed E-state index contributed by atoms with van der Waals surface area (Å²) >= 11 is 0. The number of benzene rings is 2. The molecule has 1 aromatic heterocycles. The van der Waals surface area contributed by atoms with Crippen molar-refractivity contribution in [1.82, 2.24) is 14.7 Å². The van der Waals surface area contributed by atoms with Crippen molar-refractivity contribution in [2.75, 3.05) is 19.0 Å². The number of methoxy groups -OCH3 is 1. The van der Waals surface area contributed by atoms with Gasteiger partial charge in [0.2, 0.25) is 11.8 Å². The summed E-state index contributed by atoms with van der Waals surface area (Å²) in [6.45, 7) is 0.777. The number of aromatic nitrogens is 2. The number of rotatable bonds is 7. The predicted molar refractivity (Wildman–Crippen MR) is 118 cm³/mol. The molecule has 4 rings (SSSR count). The van der Waals surface area contributed by atoms with Crippen molar-refractivity contribution in [2.45, 2.75) is 31.8 Å². The molecule has 0 saturated carbocycles. The van der Waals surface area contributed by atoms with Gasteiger partial charge in [-0.1, -0.05) is 30.3 Å². The first-order valence-electron chi connectivity index (χ1n) is 10.5. The highest BCUT2D eigenvalue weighted by Crippen LogP contribution is 2.33. The maximum Gasteiger partial charge on any atom is 0.244 e. The van der Waals surface area contributed by atoms with Gasteiger partial charge in [-0.3, -0.25) is 14.3 Å². The number of hydrogen-bond donors (Lipinski definition) is 1. The van der Waals surface area contributed by atoms with Crippen molar-refractivity contribution in [2.24, 2.45) is 0 Å². The molecule has 0 bridgehead atoms. The van der Waals surface area contributed by atoms with Gasteiger partial charge in [-0.15, -0.1) is 0 Å². The van der Waals surface area contributed by atoms with E-state index in [0.717, 1.165) is 24.2 Å². The van der Waals surface area contributed by atoms with Crippen LogP contribution < -0.4 is 10.1 Å². The van der Waals surface area contributed by atoms with Gasteiger partial charge in [0.15, 0.2) is 0 Å². The van der Waals surface area contributed by atoms with E-state index < -0.39 is 5.82 Å². The molecule has 1 saturated heterocycles. The second kappa shape index (κ2) is 9.64. The number of carbonyl (C=O) groups excluding carboxylic acids is 2. The summed E-state index contributed by atoms with van der Waals surface area (Å²) in [6, 6.07) is 14.0. The fourth-order valence-electron chi connectivity index (χ4n) is 4.00. The summed E-state index contributed by atoms with van der Waals surface area (Å²) in [4.78, 5) is 27.0. The molecule has 1 aliphatic heterocycles. The molecule has 32 heavy (non-hydrogen) atoms. The first kappa shape index (κ1) is 21.5. The lowest BCUT2D eigenvalue weighted by Gasteiger charge is -2.25. The van der Waals surface area contributed by atoms with Gasteiger partial charge in [-0.05, 0) is 42.2 Å². The Labute approximate surface area is 185 Å². The van der Waals surface area contributed by atoms with Crippen molar-refractivity contribution < 1.29 is 18.7 Å². The molecule has 1 aliphatic rings. The smallest absolute Gasteiger partial charge is 0.244 e. The Hall–Kier alpha value is -3.68. The van der Waals surface area contributed by atoms with Crippen LogP contribution in [-0.2, 0) is 22.6 Å². The van der Waals surface area contributed by atoms with Crippen molar-refractivity contribution >= 4 is 17.5 Å². The number of carbonyl (C=O) groups is 2. The van der Waals surface area contributed by atoms with Crippen molar-refractivity contribution in [3.8, 4) is 5.75 Å². The van der Waals surface area contributed by atoms with Crippen LogP contribution in [0.25, 0.3) is 0 Å². The number of anilines is 1. The Morgan fingerprint density at radius 3 is 2.72 bits per heavy atom. The molecule has 8 heteroatoms. The lowest BCUT2D eigenvalue weighted by molar-refractivity contribution is -0.133. The average Bonchev–Trinajstić information content (AvgIpc) is 3.45. The van der Waals surface area contributed by atoms with Gasteiger partial charge >= 0.3 is 0 Å². The number of amides is 2. The van der Waals surface area contributed by atoms with Gasteiger partial charge in [-0.25, -0.2) is 4.39 Å². The quantitative estimate of drug-likeness (QED) is 0.614. The van der Waals surface area contributed by atoms with Gasteiger partial charge in [0.1, 0.15) is 18.1 Å². The number of nitrogens with one attached hydrogen (secondary N) is 1. The van der Waals surface area contributed by atoms with Crippen LogP contribution in [0.4, 0.5) is 10.1 Å². The van der Waals surface area contributed by atoms with E-state index in [1.807, 2.05) is 29.2 Å². The van der Waals surface area contributed by atoms with Crippen LogP contribution in [0.2, 0.25) is 0 Å². The van der Waals surface area contributed by atoms with E-state index >= 15 is 0 Å². The number of nitrogens with zero attached hydrogens (tertiary/aromatic N) is 3. The van der Waals surface area contributed by atoms with Crippen molar-refractivity contribution in [3.63, 3.8) is 0 Å². The zero-order valence-corrected chi connectivity index (χ0v) is 17.8. The Morgan fingerprint density at radius 2 is 1.97 bits per heavy atom. The normalized spacial score (nSPS) is 15.6. The standard InChI is InChI=1S/C24H25FN4O3/c1-32-20-10-8-17(9-11-20)22-7-4-12-29(22)24(31)16-28-15-19(14-26-28)27-23(30)13-18-5-2-3-6-21(18)25/h2-3,5-6,8-11,14-15,22H,4,7,12-13,16H2,1H3,(H,27,30)/t22-/m1/s1. The summed E-state index contributed by atoms with van der Waals surface area (Å²) in [5, 5.41) is 6.89. The van der Waals surface area contributed by atoms with Crippen LogP contribution in [-0.4, -0.2) is 40.1 Å². The zero-order valence-electron chi connectivity index (χ0n) is 17.8. The highest BCUT2D eigenvalue weighted by molar-refractivity contribution is 5.92. The van der Waals surface area contributed by atoms with Crippen LogP contribution in [0, 0.1) is 5.82 Å². The fraction of sp³-hybridized carbons (Fsp3) is 0.292. The molecule has 2 amide bonds. The summed E-state index contributed by atoms with van der Waals surface area (Å²) in [5.41, 5.74) is 1.87. The van der Waals surface area contributed by atoms with E-state index in [-0.39, 0.29) is 30.8 Å². The maximum atomic E-state index is 13.7. The highest BCUT2D eigenvalue weighted by atomic mass is 19.1. The van der Waals surface area contributed by atoms with Crippen LogP contribution in [0.1, 0.15) is 30.0 Å². The van der Waals surface area contributed by atoms with Crippen LogP contribution in [0.5, 0.6) is 5.75 Å². The number of halogens is 1. The molecule has 0 radical (unpaired) electrons. The number of likely N-dealkylation sites (tertiary alicyclic amines) is 1. The van der Waals surface area contributed by atoms with Crippen LogP contribution in [0.3, 0.4) is 0 Å². The lowest BCUT2D eigenvalue weighted by atomic mass is 10.0. The Bertz CT molecular complexity index is 1100. The van der Waals surface area contributed by atoms with E-state index in [1.165, 1.54) is 16.9 Å². The van der Waals surface area contributed by atoms with Gasteiger partial charge in [0.05, 0.1) is 31.5 Å². The minimum absolute atomic E-state index is 0.0314. The van der Waals surface area contributed by atoms with E-state index in [0.29, 0.717) is 17.8 Å². The third kappa shape index (κ3) is 4.96.